The molecular weight excluding hydrogens is 232 g/mol. The summed E-state index contributed by atoms with van der Waals surface area (Å²) in [7, 11) is 0. The smallest absolute Gasteiger partial charge is 0.00697 e. The van der Waals surface area contributed by atoms with E-state index in [0.717, 1.165) is 17.9 Å². The average Bonchev–Trinajstić information content (AvgIpc) is 2.38. The van der Waals surface area contributed by atoms with E-state index in [2.05, 4.69) is 37.9 Å². The van der Waals surface area contributed by atoms with E-state index >= 15 is 0 Å². The standard InChI is InChI=1S/C17H36N2/c1-5-19(6-2)12-8-11-18-17-10-7-9-16(14-17)13-15(3)4/h15-18H,5-14H2,1-4H3. The molecule has 0 aliphatic heterocycles. The van der Waals surface area contributed by atoms with Crippen molar-refractivity contribution in [1.29, 1.82) is 0 Å². The van der Waals surface area contributed by atoms with Gasteiger partial charge in [-0.2, -0.15) is 0 Å². The van der Waals surface area contributed by atoms with E-state index in [4.69, 9.17) is 0 Å². The Kier molecular flexibility index (Phi) is 8.72. The number of hydrogen-bond acceptors (Lipinski definition) is 2. The minimum Gasteiger partial charge on any atom is -0.314 e. The molecule has 0 aromatic rings. The third-order valence-electron chi connectivity index (χ3n) is 4.57. The lowest BCUT2D eigenvalue weighted by Gasteiger charge is -2.31. The quantitative estimate of drug-likeness (QED) is 0.638. The number of hydrogen-bond donors (Lipinski definition) is 1. The molecule has 114 valence electrons. The topological polar surface area (TPSA) is 15.3 Å². The minimum atomic E-state index is 0.800. The molecule has 0 bridgehead atoms. The molecule has 1 saturated carbocycles. The predicted molar refractivity (Wildman–Crippen MR) is 85.6 cm³/mol. The van der Waals surface area contributed by atoms with Crippen molar-refractivity contribution in [3.63, 3.8) is 0 Å². The van der Waals surface area contributed by atoms with Gasteiger partial charge < -0.3 is 10.2 Å². The molecule has 0 saturated heterocycles. The van der Waals surface area contributed by atoms with Crippen LogP contribution in [0.2, 0.25) is 0 Å². The van der Waals surface area contributed by atoms with Gasteiger partial charge in [-0.05, 0) is 63.7 Å². The van der Waals surface area contributed by atoms with E-state index in [1.165, 1.54) is 64.7 Å². The van der Waals surface area contributed by atoms with Gasteiger partial charge in [0.2, 0.25) is 0 Å². The number of nitrogens with zero attached hydrogens (tertiary/aromatic N) is 1. The van der Waals surface area contributed by atoms with E-state index in [9.17, 15) is 0 Å². The van der Waals surface area contributed by atoms with Crippen LogP contribution in [0.4, 0.5) is 0 Å². The van der Waals surface area contributed by atoms with Crippen LogP contribution in [0.5, 0.6) is 0 Å². The van der Waals surface area contributed by atoms with Crippen LogP contribution in [0, 0.1) is 11.8 Å². The summed E-state index contributed by atoms with van der Waals surface area (Å²) in [5, 5.41) is 3.80. The maximum atomic E-state index is 3.80. The van der Waals surface area contributed by atoms with E-state index in [1.807, 2.05) is 0 Å². The van der Waals surface area contributed by atoms with Crippen LogP contribution in [0.1, 0.15) is 66.2 Å². The Hall–Kier alpha value is -0.0800. The molecule has 2 heteroatoms. The molecule has 2 nitrogen and oxygen atoms in total. The molecule has 1 N–H and O–H groups in total. The van der Waals surface area contributed by atoms with E-state index in [0.29, 0.717) is 0 Å². The predicted octanol–water partition coefficient (Wildman–Crippen LogP) is 3.91. The van der Waals surface area contributed by atoms with Gasteiger partial charge in [-0.15, -0.1) is 0 Å². The summed E-state index contributed by atoms with van der Waals surface area (Å²) in [5.74, 6) is 1.85. The zero-order valence-electron chi connectivity index (χ0n) is 13.8. The molecule has 0 heterocycles. The van der Waals surface area contributed by atoms with Crippen LogP contribution in [0.3, 0.4) is 0 Å². The molecule has 0 aromatic heterocycles. The molecule has 0 amide bonds. The summed E-state index contributed by atoms with van der Waals surface area (Å²) in [6.07, 6.45) is 8.45. The van der Waals surface area contributed by atoms with Gasteiger partial charge in [0, 0.05) is 6.04 Å². The lowest BCUT2D eigenvalue weighted by molar-refractivity contribution is 0.246. The Morgan fingerprint density at radius 3 is 2.53 bits per heavy atom. The third kappa shape index (κ3) is 7.31. The summed E-state index contributed by atoms with van der Waals surface area (Å²) >= 11 is 0. The molecular formula is C17H36N2. The SMILES string of the molecule is CCN(CC)CCCNC1CCCC(CC(C)C)C1. The minimum absolute atomic E-state index is 0.800. The van der Waals surface area contributed by atoms with Crippen LogP contribution in [0.25, 0.3) is 0 Å². The summed E-state index contributed by atoms with van der Waals surface area (Å²) in [6, 6.07) is 0.800. The second-order valence-electron chi connectivity index (χ2n) is 6.69. The van der Waals surface area contributed by atoms with Crippen LogP contribution in [0.15, 0.2) is 0 Å². The Balaban J connectivity index is 2.11. The highest BCUT2D eigenvalue weighted by Gasteiger charge is 2.21. The van der Waals surface area contributed by atoms with Crippen LogP contribution >= 0.6 is 0 Å². The summed E-state index contributed by atoms with van der Waals surface area (Å²) in [5.41, 5.74) is 0. The maximum Gasteiger partial charge on any atom is 0.00697 e. The van der Waals surface area contributed by atoms with Gasteiger partial charge >= 0.3 is 0 Å². The number of nitrogens with one attached hydrogen (secondary N) is 1. The van der Waals surface area contributed by atoms with Crippen molar-refractivity contribution in [2.45, 2.75) is 72.3 Å². The Morgan fingerprint density at radius 2 is 1.89 bits per heavy atom. The molecule has 1 fully saturated rings. The van der Waals surface area contributed by atoms with Crippen LogP contribution < -0.4 is 5.32 Å². The highest BCUT2D eigenvalue weighted by atomic mass is 15.1. The molecule has 2 unspecified atom stereocenters. The second kappa shape index (κ2) is 9.77. The molecule has 0 aromatic carbocycles. The van der Waals surface area contributed by atoms with Crippen LogP contribution in [-0.2, 0) is 0 Å². The molecule has 2 atom stereocenters. The fourth-order valence-corrected chi connectivity index (χ4v) is 3.51. The van der Waals surface area contributed by atoms with Gasteiger partial charge in [0.15, 0.2) is 0 Å². The Labute approximate surface area is 121 Å². The molecule has 0 radical (unpaired) electrons. The largest absolute Gasteiger partial charge is 0.314 e. The first-order chi connectivity index (χ1) is 9.15. The van der Waals surface area contributed by atoms with Crippen molar-refractivity contribution >= 4 is 0 Å². The summed E-state index contributed by atoms with van der Waals surface area (Å²) in [6.45, 7) is 14.1. The highest BCUT2D eigenvalue weighted by molar-refractivity contribution is 4.78. The third-order valence-corrected chi connectivity index (χ3v) is 4.57. The van der Waals surface area contributed by atoms with Crippen LogP contribution in [-0.4, -0.2) is 37.1 Å². The first-order valence-corrected chi connectivity index (χ1v) is 8.61. The Morgan fingerprint density at radius 1 is 1.16 bits per heavy atom. The highest BCUT2D eigenvalue weighted by Crippen LogP contribution is 2.29. The maximum absolute atomic E-state index is 3.80. The van der Waals surface area contributed by atoms with Crippen molar-refractivity contribution in [3.05, 3.63) is 0 Å². The van der Waals surface area contributed by atoms with E-state index < -0.39 is 0 Å². The first-order valence-electron chi connectivity index (χ1n) is 8.61. The van der Waals surface area contributed by atoms with E-state index in [1.54, 1.807) is 0 Å². The van der Waals surface area contributed by atoms with Gasteiger partial charge in [-0.1, -0.05) is 40.5 Å². The molecule has 1 aliphatic rings. The zero-order valence-corrected chi connectivity index (χ0v) is 13.8. The van der Waals surface area contributed by atoms with Crippen molar-refractivity contribution in [3.8, 4) is 0 Å². The lowest BCUT2D eigenvalue weighted by Crippen LogP contribution is -2.36. The van der Waals surface area contributed by atoms with Gasteiger partial charge in [0.1, 0.15) is 0 Å². The van der Waals surface area contributed by atoms with Crippen molar-refractivity contribution in [2.75, 3.05) is 26.2 Å². The molecule has 0 spiro atoms. The van der Waals surface area contributed by atoms with Gasteiger partial charge in [0.25, 0.3) is 0 Å². The number of rotatable bonds is 9. The molecule has 19 heavy (non-hydrogen) atoms. The van der Waals surface area contributed by atoms with E-state index in [-0.39, 0.29) is 0 Å². The fraction of sp³-hybridized carbons (Fsp3) is 1.00. The monoisotopic (exact) mass is 268 g/mol. The van der Waals surface area contributed by atoms with Crippen molar-refractivity contribution in [1.82, 2.24) is 10.2 Å². The second-order valence-corrected chi connectivity index (χ2v) is 6.69. The normalized spacial score (nSPS) is 24.3. The first kappa shape index (κ1) is 17.0. The van der Waals surface area contributed by atoms with Gasteiger partial charge in [0.05, 0.1) is 0 Å². The van der Waals surface area contributed by atoms with Crippen molar-refractivity contribution in [2.24, 2.45) is 11.8 Å². The van der Waals surface area contributed by atoms with Gasteiger partial charge in [-0.25, -0.2) is 0 Å². The Bertz CT molecular complexity index is 211. The summed E-state index contributed by atoms with van der Waals surface area (Å²) in [4.78, 5) is 2.52. The molecule has 1 aliphatic carbocycles. The summed E-state index contributed by atoms with van der Waals surface area (Å²) < 4.78 is 0. The zero-order chi connectivity index (χ0) is 14.1. The fourth-order valence-electron chi connectivity index (χ4n) is 3.51. The lowest BCUT2D eigenvalue weighted by atomic mass is 9.81. The van der Waals surface area contributed by atoms with Gasteiger partial charge in [-0.3, -0.25) is 0 Å². The van der Waals surface area contributed by atoms with Crippen molar-refractivity contribution < 1.29 is 0 Å². The average molecular weight is 268 g/mol. The molecule has 1 rings (SSSR count).